The number of carbonyl (C=O) groups excluding carboxylic acids is 1. The summed E-state index contributed by atoms with van der Waals surface area (Å²) in [5.41, 5.74) is 9.41. The van der Waals surface area contributed by atoms with E-state index in [1.54, 1.807) is 0 Å². The highest BCUT2D eigenvalue weighted by molar-refractivity contribution is 7.21. The van der Waals surface area contributed by atoms with Gasteiger partial charge in [-0.25, -0.2) is 9.78 Å². The second kappa shape index (κ2) is 6.22. The third-order valence-electron chi connectivity index (χ3n) is 4.85. The molecule has 1 aliphatic carbocycles. The summed E-state index contributed by atoms with van der Waals surface area (Å²) in [7, 11) is 1.38. The predicted molar refractivity (Wildman–Crippen MR) is 95.0 cm³/mol. The van der Waals surface area contributed by atoms with Gasteiger partial charge >= 0.3 is 5.97 Å². The van der Waals surface area contributed by atoms with Crippen molar-refractivity contribution < 1.29 is 14.3 Å². The van der Waals surface area contributed by atoms with Gasteiger partial charge in [-0.3, -0.25) is 0 Å². The Kier molecular flexibility index (Phi) is 4.05. The number of rotatable bonds is 2. The van der Waals surface area contributed by atoms with E-state index in [2.05, 4.69) is 4.90 Å². The maximum Gasteiger partial charge on any atom is 0.350 e. The molecule has 2 aromatic rings. The molecule has 1 saturated heterocycles. The Morgan fingerprint density at radius 1 is 1.25 bits per heavy atom. The van der Waals surface area contributed by atoms with Crippen molar-refractivity contribution in [1.82, 2.24) is 4.98 Å². The van der Waals surface area contributed by atoms with Crippen LogP contribution in [0.5, 0.6) is 0 Å². The Hall–Kier alpha value is -1.86. The fraction of sp³-hybridized carbons (Fsp3) is 0.529. The molecule has 3 heterocycles. The number of fused-ring (bicyclic) bond motifs is 3. The van der Waals surface area contributed by atoms with Crippen molar-refractivity contribution in [3.8, 4) is 0 Å². The molecule has 0 amide bonds. The standard InChI is InChI=1S/C17H21N3O3S/c1-22-17(21)14-13(18)12-10-4-2-3-5-11(10)15(19-16(12)24-14)20-6-8-23-9-7-20/h2-9,18H2,1H3. The lowest BCUT2D eigenvalue weighted by Crippen LogP contribution is -2.37. The first kappa shape index (κ1) is 15.7. The monoisotopic (exact) mass is 347 g/mol. The highest BCUT2D eigenvalue weighted by Gasteiger charge is 2.27. The Labute approximate surface area is 144 Å². The van der Waals surface area contributed by atoms with E-state index in [1.807, 2.05) is 0 Å². The van der Waals surface area contributed by atoms with Crippen LogP contribution in [-0.2, 0) is 22.3 Å². The third-order valence-corrected chi connectivity index (χ3v) is 5.93. The van der Waals surface area contributed by atoms with Crippen LogP contribution in [-0.4, -0.2) is 44.4 Å². The fourth-order valence-corrected chi connectivity index (χ4v) is 4.71. The summed E-state index contributed by atoms with van der Waals surface area (Å²) in [6.45, 7) is 3.17. The number of carbonyl (C=O) groups is 1. The molecule has 0 radical (unpaired) electrons. The number of thiophene rings is 1. The minimum Gasteiger partial charge on any atom is -0.465 e. The van der Waals surface area contributed by atoms with Crippen LogP contribution in [0.25, 0.3) is 10.2 Å². The topological polar surface area (TPSA) is 77.7 Å². The van der Waals surface area contributed by atoms with Crippen LogP contribution in [0.3, 0.4) is 0 Å². The molecule has 2 aromatic heterocycles. The highest BCUT2D eigenvalue weighted by atomic mass is 32.1. The summed E-state index contributed by atoms with van der Waals surface area (Å²) in [4.78, 5) is 20.5. The largest absolute Gasteiger partial charge is 0.465 e. The molecule has 2 aliphatic rings. The minimum absolute atomic E-state index is 0.381. The van der Waals surface area contributed by atoms with Gasteiger partial charge in [0.25, 0.3) is 0 Å². The first-order valence-corrected chi connectivity index (χ1v) is 9.17. The average Bonchev–Trinajstić information content (AvgIpc) is 2.98. The van der Waals surface area contributed by atoms with Crippen LogP contribution in [0, 0.1) is 0 Å². The number of morpholine rings is 1. The molecule has 0 atom stereocenters. The van der Waals surface area contributed by atoms with Gasteiger partial charge in [0.2, 0.25) is 0 Å². The van der Waals surface area contributed by atoms with Gasteiger partial charge in [0.15, 0.2) is 0 Å². The van der Waals surface area contributed by atoms with Gasteiger partial charge in [-0.1, -0.05) is 0 Å². The molecule has 128 valence electrons. The summed E-state index contributed by atoms with van der Waals surface area (Å²) in [5.74, 6) is 0.672. The maximum atomic E-state index is 12.0. The van der Waals surface area contributed by atoms with E-state index in [0.717, 1.165) is 61.6 Å². The number of aryl methyl sites for hydroxylation is 1. The summed E-state index contributed by atoms with van der Waals surface area (Å²) in [6, 6.07) is 0. The van der Waals surface area contributed by atoms with Crippen molar-refractivity contribution in [2.45, 2.75) is 25.7 Å². The van der Waals surface area contributed by atoms with E-state index in [4.69, 9.17) is 20.2 Å². The van der Waals surface area contributed by atoms with E-state index in [1.165, 1.54) is 36.0 Å². The van der Waals surface area contributed by atoms with E-state index in [0.29, 0.717) is 10.6 Å². The number of hydrogen-bond donors (Lipinski definition) is 1. The van der Waals surface area contributed by atoms with E-state index in [9.17, 15) is 4.79 Å². The fourth-order valence-electron chi connectivity index (χ4n) is 3.67. The number of nitrogen functional groups attached to an aromatic ring is 1. The second-order valence-electron chi connectivity index (χ2n) is 6.22. The van der Waals surface area contributed by atoms with Crippen molar-refractivity contribution >= 4 is 39.0 Å². The molecule has 4 rings (SSSR count). The van der Waals surface area contributed by atoms with Gasteiger partial charge < -0.3 is 20.1 Å². The number of nitrogens with two attached hydrogens (primary N) is 1. The van der Waals surface area contributed by atoms with E-state index in [-0.39, 0.29) is 5.97 Å². The number of methoxy groups -OCH3 is 1. The molecule has 1 fully saturated rings. The number of nitrogens with zero attached hydrogens (tertiary/aromatic N) is 2. The summed E-state index contributed by atoms with van der Waals surface area (Å²) in [6.07, 6.45) is 4.34. The van der Waals surface area contributed by atoms with Gasteiger partial charge in [0.1, 0.15) is 15.5 Å². The minimum atomic E-state index is -0.381. The smallest absolute Gasteiger partial charge is 0.350 e. The number of ether oxygens (including phenoxy) is 2. The Bertz CT molecular complexity index is 796. The molecular formula is C17H21N3O3S. The van der Waals surface area contributed by atoms with Crippen LogP contribution in [0.4, 0.5) is 11.5 Å². The SMILES string of the molecule is COC(=O)c1sc2nc(N3CCOCC3)c3c(c2c1N)CCCC3. The number of anilines is 2. The van der Waals surface area contributed by atoms with Crippen molar-refractivity contribution in [1.29, 1.82) is 0 Å². The first-order valence-electron chi connectivity index (χ1n) is 8.35. The Balaban J connectivity index is 1.92. The summed E-state index contributed by atoms with van der Waals surface area (Å²) < 4.78 is 10.3. The first-order chi connectivity index (χ1) is 11.7. The second-order valence-corrected chi connectivity index (χ2v) is 7.21. The number of aromatic nitrogens is 1. The molecule has 6 nitrogen and oxygen atoms in total. The maximum absolute atomic E-state index is 12.0. The normalized spacial score (nSPS) is 17.8. The third kappa shape index (κ3) is 2.43. The summed E-state index contributed by atoms with van der Waals surface area (Å²) >= 11 is 1.34. The zero-order valence-electron chi connectivity index (χ0n) is 13.8. The van der Waals surface area contributed by atoms with Gasteiger partial charge in [0, 0.05) is 18.5 Å². The molecular weight excluding hydrogens is 326 g/mol. The average molecular weight is 347 g/mol. The van der Waals surface area contributed by atoms with Crippen LogP contribution < -0.4 is 10.6 Å². The van der Waals surface area contributed by atoms with Crippen molar-refractivity contribution in [3.63, 3.8) is 0 Å². The Morgan fingerprint density at radius 3 is 2.67 bits per heavy atom. The van der Waals surface area contributed by atoms with Gasteiger partial charge in [-0.05, 0) is 36.8 Å². The zero-order chi connectivity index (χ0) is 16.7. The molecule has 1 aliphatic heterocycles. The van der Waals surface area contributed by atoms with Gasteiger partial charge in [-0.15, -0.1) is 11.3 Å². The van der Waals surface area contributed by atoms with Crippen molar-refractivity contribution in [2.24, 2.45) is 0 Å². The van der Waals surface area contributed by atoms with Gasteiger partial charge in [0.05, 0.1) is 26.0 Å². The van der Waals surface area contributed by atoms with Crippen LogP contribution in [0.1, 0.15) is 33.6 Å². The van der Waals surface area contributed by atoms with Crippen LogP contribution in [0.15, 0.2) is 0 Å². The van der Waals surface area contributed by atoms with Crippen molar-refractivity contribution in [2.75, 3.05) is 44.0 Å². The number of pyridine rings is 1. The van der Waals surface area contributed by atoms with Crippen LogP contribution in [0.2, 0.25) is 0 Å². The van der Waals surface area contributed by atoms with Gasteiger partial charge in [-0.2, -0.15) is 0 Å². The zero-order valence-corrected chi connectivity index (χ0v) is 14.6. The molecule has 0 aromatic carbocycles. The van der Waals surface area contributed by atoms with E-state index >= 15 is 0 Å². The van der Waals surface area contributed by atoms with Crippen molar-refractivity contribution in [3.05, 3.63) is 16.0 Å². The number of hydrogen-bond acceptors (Lipinski definition) is 7. The van der Waals surface area contributed by atoms with Crippen LogP contribution >= 0.6 is 11.3 Å². The molecule has 0 spiro atoms. The molecule has 2 N–H and O–H groups in total. The molecule has 0 bridgehead atoms. The lowest BCUT2D eigenvalue weighted by molar-refractivity contribution is 0.0607. The highest BCUT2D eigenvalue weighted by Crippen LogP contribution is 2.42. The molecule has 0 unspecified atom stereocenters. The van der Waals surface area contributed by atoms with E-state index < -0.39 is 0 Å². The predicted octanol–water partition coefficient (Wildman–Crippen LogP) is 2.38. The Morgan fingerprint density at radius 2 is 1.96 bits per heavy atom. The lowest BCUT2D eigenvalue weighted by atomic mass is 9.89. The molecule has 0 saturated carbocycles. The molecule has 7 heteroatoms. The molecule has 24 heavy (non-hydrogen) atoms. The summed E-state index contributed by atoms with van der Waals surface area (Å²) in [5, 5.41) is 0.965. The number of esters is 1. The lowest BCUT2D eigenvalue weighted by Gasteiger charge is -2.31. The quantitative estimate of drug-likeness (QED) is 0.841.